The van der Waals surface area contributed by atoms with Gasteiger partial charge in [0.25, 0.3) is 5.91 Å². The summed E-state index contributed by atoms with van der Waals surface area (Å²) in [6, 6.07) is 21.9. The third-order valence-electron chi connectivity index (χ3n) is 5.39. The van der Waals surface area contributed by atoms with E-state index in [1.165, 1.54) is 12.1 Å². The first-order valence-electron chi connectivity index (χ1n) is 9.64. The molecule has 0 unspecified atom stereocenters. The van der Waals surface area contributed by atoms with Gasteiger partial charge in [0.15, 0.2) is 0 Å². The lowest BCUT2D eigenvalue weighted by atomic mass is 9.95. The molecule has 0 spiro atoms. The van der Waals surface area contributed by atoms with Gasteiger partial charge in [0.1, 0.15) is 11.4 Å². The monoisotopic (exact) mass is 411 g/mol. The van der Waals surface area contributed by atoms with E-state index in [-0.39, 0.29) is 17.2 Å². The van der Waals surface area contributed by atoms with Crippen LogP contribution >= 0.6 is 0 Å². The van der Waals surface area contributed by atoms with E-state index >= 15 is 0 Å². The number of nitrogens with one attached hydrogen (secondary N) is 1. The summed E-state index contributed by atoms with van der Waals surface area (Å²) in [7, 11) is 0. The van der Waals surface area contributed by atoms with Gasteiger partial charge in [-0.1, -0.05) is 42.5 Å². The largest absolute Gasteiger partial charge is 0.508 e. The zero-order chi connectivity index (χ0) is 21.5. The van der Waals surface area contributed by atoms with Crippen LogP contribution in [0.1, 0.15) is 38.0 Å². The van der Waals surface area contributed by atoms with Crippen molar-refractivity contribution in [2.24, 2.45) is 0 Å². The number of phenols is 1. The van der Waals surface area contributed by atoms with E-state index in [0.717, 1.165) is 5.56 Å². The molecule has 1 aromatic heterocycles. The third-order valence-corrected chi connectivity index (χ3v) is 5.39. The molecule has 5 rings (SSSR count). The molecule has 0 fully saturated rings. The molecule has 1 aliphatic heterocycles. The highest BCUT2D eigenvalue weighted by molar-refractivity contribution is 6.11. The second-order valence-electron chi connectivity index (χ2n) is 7.25. The fourth-order valence-corrected chi connectivity index (χ4v) is 4.00. The van der Waals surface area contributed by atoms with Crippen LogP contribution in [-0.4, -0.2) is 32.3 Å². The van der Waals surface area contributed by atoms with Gasteiger partial charge in [-0.25, -0.2) is 4.79 Å². The van der Waals surface area contributed by atoms with Crippen molar-refractivity contribution in [1.82, 2.24) is 10.2 Å². The topological polar surface area (TPSA) is 107 Å². The number of hydrogen-bond donors (Lipinski definition) is 3. The number of carbonyl (C=O) groups is 2. The molecule has 1 atom stereocenters. The molecule has 0 saturated carbocycles. The number of amides is 1. The lowest BCUT2D eigenvalue weighted by Crippen LogP contribution is -2.29. The Bertz CT molecular complexity index is 1300. The van der Waals surface area contributed by atoms with Crippen LogP contribution in [0, 0.1) is 0 Å². The van der Waals surface area contributed by atoms with Gasteiger partial charge >= 0.3 is 5.97 Å². The van der Waals surface area contributed by atoms with Crippen LogP contribution in [0.15, 0.2) is 78.9 Å². The average molecular weight is 411 g/mol. The standard InChI is InChI=1S/C24H17N3O4/c28-18-8-4-7-16(13-18)22-19-20(14-5-2-1-3-6-14)25-26-21(19)23(29)27(22)17-11-9-15(10-12-17)24(30)31/h1-13,22,28H,(H,25,26)(H,30,31)/t22-/m0/s1. The van der Waals surface area contributed by atoms with Crippen molar-refractivity contribution in [1.29, 1.82) is 0 Å². The van der Waals surface area contributed by atoms with Gasteiger partial charge in [-0.2, -0.15) is 5.10 Å². The SMILES string of the molecule is O=C(O)c1ccc(N2C(=O)c3[nH]nc(-c4ccccc4)c3[C@@H]2c2cccc(O)c2)cc1. The molecule has 0 saturated heterocycles. The second-order valence-corrected chi connectivity index (χ2v) is 7.25. The number of benzene rings is 3. The molecule has 152 valence electrons. The molecule has 1 aliphatic rings. The number of anilines is 1. The number of aromatic carboxylic acids is 1. The van der Waals surface area contributed by atoms with Crippen molar-refractivity contribution in [2.45, 2.75) is 6.04 Å². The highest BCUT2D eigenvalue weighted by Gasteiger charge is 2.43. The van der Waals surface area contributed by atoms with Gasteiger partial charge in [-0.3, -0.25) is 14.8 Å². The number of rotatable bonds is 4. The molecule has 0 bridgehead atoms. The summed E-state index contributed by atoms with van der Waals surface area (Å²) in [6.07, 6.45) is 0. The zero-order valence-electron chi connectivity index (χ0n) is 16.2. The van der Waals surface area contributed by atoms with Gasteiger partial charge in [-0.05, 0) is 42.0 Å². The maximum atomic E-state index is 13.4. The number of fused-ring (bicyclic) bond motifs is 1. The van der Waals surface area contributed by atoms with E-state index < -0.39 is 12.0 Å². The van der Waals surface area contributed by atoms with Crippen LogP contribution in [0.2, 0.25) is 0 Å². The van der Waals surface area contributed by atoms with E-state index in [1.54, 1.807) is 35.2 Å². The number of aromatic amines is 1. The van der Waals surface area contributed by atoms with Crippen LogP contribution in [0.3, 0.4) is 0 Å². The minimum Gasteiger partial charge on any atom is -0.508 e. The smallest absolute Gasteiger partial charge is 0.335 e. The number of carboxylic acids is 1. The predicted molar refractivity (Wildman–Crippen MR) is 114 cm³/mol. The molecule has 31 heavy (non-hydrogen) atoms. The van der Waals surface area contributed by atoms with E-state index in [4.69, 9.17) is 0 Å². The van der Waals surface area contributed by atoms with E-state index in [9.17, 15) is 19.8 Å². The van der Waals surface area contributed by atoms with Crippen molar-refractivity contribution < 1.29 is 19.8 Å². The molecule has 7 heteroatoms. The quantitative estimate of drug-likeness (QED) is 0.466. The van der Waals surface area contributed by atoms with Crippen LogP contribution in [0.4, 0.5) is 5.69 Å². The lowest BCUT2D eigenvalue weighted by molar-refractivity contribution is 0.0696. The summed E-state index contributed by atoms with van der Waals surface area (Å²) in [5.41, 5.74) is 4.00. The number of H-pyrrole nitrogens is 1. The number of hydrogen-bond acceptors (Lipinski definition) is 4. The van der Waals surface area contributed by atoms with Crippen LogP contribution in [-0.2, 0) is 0 Å². The van der Waals surface area contributed by atoms with E-state index in [1.807, 2.05) is 36.4 Å². The van der Waals surface area contributed by atoms with Crippen LogP contribution in [0.25, 0.3) is 11.3 Å². The van der Waals surface area contributed by atoms with Crippen molar-refractivity contribution in [3.05, 3.63) is 101 Å². The first-order chi connectivity index (χ1) is 15.0. The molecule has 4 aromatic rings. The molecule has 2 heterocycles. The molecular weight excluding hydrogens is 394 g/mol. The van der Waals surface area contributed by atoms with Gasteiger partial charge in [-0.15, -0.1) is 0 Å². The Balaban J connectivity index is 1.70. The number of phenolic OH excluding ortho intramolecular Hbond substituents is 1. The maximum Gasteiger partial charge on any atom is 0.335 e. The average Bonchev–Trinajstić information content (AvgIpc) is 3.33. The summed E-state index contributed by atoms with van der Waals surface area (Å²) in [5.74, 6) is -1.23. The van der Waals surface area contributed by atoms with Crippen molar-refractivity contribution in [2.75, 3.05) is 4.90 Å². The predicted octanol–water partition coefficient (Wildman–Crippen LogP) is 4.23. The first-order valence-corrected chi connectivity index (χ1v) is 9.64. The molecule has 3 N–H and O–H groups in total. The number of carboxylic acid groups (broad SMARTS) is 1. The minimum absolute atomic E-state index is 0.0873. The van der Waals surface area contributed by atoms with Gasteiger partial charge in [0, 0.05) is 16.8 Å². The lowest BCUT2D eigenvalue weighted by Gasteiger charge is -2.26. The molecule has 3 aromatic carbocycles. The van der Waals surface area contributed by atoms with Gasteiger partial charge in [0.05, 0.1) is 17.3 Å². The van der Waals surface area contributed by atoms with Crippen molar-refractivity contribution >= 4 is 17.6 Å². The Morgan fingerprint density at radius 2 is 1.71 bits per heavy atom. The Kier molecular flexibility index (Phi) is 4.29. The number of nitrogens with zero attached hydrogens (tertiary/aromatic N) is 2. The number of aromatic hydroxyl groups is 1. The van der Waals surface area contributed by atoms with Gasteiger partial charge < -0.3 is 10.2 Å². The highest BCUT2D eigenvalue weighted by atomic mass is 16.4. The normalized spacial score (nSPS) is 15.2. The van der Waals surface area contributed by atoms with Crippen LogP contribution < -0.4 is 4.90 Å². The third kappa shape index (κ3) is 3.03. The summed E-state index contributed by atoms with van der Waals surface area (Å²) in [5, 5.41) is 26.6. The Morgan fingerprint density at radius 3 is 2.39 bits per heavy atom. The van der Waals surface area contributed by atoms with Crippen LogP contribution in [0.5, 0.6) is 5.75 Å². The Hall–Kier alpha value is -4.39. The Morgan fingerprint density at radius 1 is 0.968 bits per heavy atom. The summed E-state index contributed by atoms with van der Waals surface area (Å²) in [6.45, 7) is 0. The highest BCUT2D eigenvalue weighted by Crippen LogP contribution is 2.45. The van der Waals surface area contributed by atoms with Crippen molar-refractivity contribution in [3.63, 3.8) is 0 Å². The van der Waals surface area contributed by atoms with E-state index in [0.29, 0.717) is 28.2 Å². The minimum atomic E-state index is -1.04. The summed E-state index contributed by atoms with van der Waals surface area (Å²) in [4.78, 5) is 26.2. The zero-order valence-corrected chi connectivity index (χ0v) is 16.2. The van der Waals surface area contributed by atoms with Crippen molar-refractivity contribution in [3.8, 4) is 17.0 Å². The molecular formula is C24H17N3O4. The maximum absolute atomic E-state index is 13.4. The number of carbonyl (C=O) groups excluding carboxylic acids is 1. The fourth-order valence-electron chi connectivity index (χ4n) is 4.00. The van der Waals surface area contributed by atoms with Gasteiger partial charge in [0.2, 0.25) is 0 Å². The number of aromatic nitrogens is 2. The molecule has 7 nitrogen and oxygen atoms in total. The second kappa shape index (κ2) is 7.14. The van der Waals surface area contributed by atoms with E-state index in [2.05, 4.69) is 10.2 Å². The molecule has 1 amide bonds. The summed E-state index contributed by atoms with van der Waals surface area (Å²) < 4.78 is 0. The molecule has 0 aliphatic carbocycles. The molecule has 0 radical (unpaired) electrons. The Labute approximate surface area is 177 Å². The summed E-state index contributed by atoms with van der Waals surface area (Å²) >= 11 is 0. The first kappa shape index (κ1) is 18.6. The fraction of sp³-hybridized carbons (Fsp3) is 0.0417.